The van der Waals surface area contributed by atoms with E-state index in [0.29, 0.717) is 6.04 Å². The van der Waals surface area contributed by atoms with Crippen molar-refractivity contribution < 1.29 is 9.53 Å². The zero-order valence-corrected chi connectivity index (χ0v) is 13.0. The number of amides is 1. The maximum Gasteiger partial charge on any atom is 0.253 e. The summed E-state index contributed by atoms with van der Waals surface area (Å²) in [5.41, 5.74) is 2.14. The average molecular weight is 275 g/mol. The molecule has 1 fully saturated rings. The third-order valence-electron chi connectivity index (χ3n) is 4.06. The normalized spacial score (nSPS) is 17.0. The molecule has 110 valence electrons. The molecule has 0 spiro atoms. The van der Waals surface area contributed by atoms with E-state index >= 15 is 0 Å². The summed E-state index contributed by atoms with van der Waals surface area (Å²) in [4.78, 5) is 14.4. The second kappa shape index (κ2) is 5.96. The Balaban J connectivity index is 2.08. The SMILES string of the molecule is CN(C(=O)c1ccc(C(C)(C)C)cc1)C1CCOCC1. The number of carbonyl (C=O) groups is 1. The van der Waals surface area contributed by atoms with E-state index in [0.717, 1.165) is 31.6 Å². The van der Waals surface area contributed by atoms with Crippen molar-refractivity contribution in [3.63, 3.8) is 0 Å². The molecule has 20 heavy (non-hydrogen) atoms. The summed E-state index contributed by atoms with van der Waals surface area (Å²) in [5, 5.41) is 0. The van der Waals surface area contributed by atoms with Gasteiger partial charge in [-0.15, -0.1) is 0 Å². The lowest BCUT2D eigenvalue weighted by atomic mass is 9.86. The van der Waals surface area contributed by atoms with Gasteiger partial charge in [0.25, 0.3) is 5.91 Å². The molecule has 3 nitrogen and oxygen atoms in total. The molecule has 1 amide bonds. The fourth-order valence-electron chi connectivity index (χ4n) is 2.55. The molecule has 0 atom stereocenters. The van der Waals surface area contributed by atoms with Crippen molar-refractivity contribution in [3.05, 3.63) is 35.4 Å². The molecule has 0 N–H and O–H groups in total. The van der Waals surface area contributed by atoms with Gasteiger partial charge in [0, 0.05) is 31.9 Å². The highest BCUT2D eigenvalue weighted by Crippen LogP contribution is 2.23. The van der Waals surface area contributed by atoms with Crippen LogP contribution in [0.25, 0.3) is 0 Å². The van der Waals surface area contributed by atoms with Crippen LogP contribution in [-0.2, 0) is 10.2 Å². The number of rotatable bonds is 2. The molecule has 0 bridgehead atoms. The van der Waals surface area contributed by atoms with Crippen LogP contribution in [0, 0.1) is 0 Å². The van der Waals surface area contributed by atoms with Crippen LogP contribution in [0.15, 0.2) is 24.3 Å². The Morgan fingerprint density at radius 1 is 1.15 bits per heavy atom. The second-order valence-electron chi connectivity index (χ2n) is 6.59. The van der Waals surface area contributed by atoms with E-state index in [1.807, 2.05) is 24.1 Å². The van der Waals surface area contributed by atoms with Crippen molar-refractivity contribution in [2.75, 3.05) is 20.3 Å². The van der Waals surface area contributed by atoms with Gasteiger partial charge in [0.1, 0.15) is 0 Å². The Labute approximate surface area is 121 Å². The minimum atomic E-state index is 0.109. The van der Waals surface area contributed by atoms with Gasteiger partial charge in [0.05, 0.1) is 0 Å². The van der Waals surface area contributed by atoms with E-state index in [2.05, 4.69) is 32.9 Å². The number of ether oxygens (including phenoxy) is 1. The molecule has 3 heteroatoms. The molecule has 1 aliphatic rings. The quantitative estimate of drug-likeness (QED) is 0.829. The summed E-state index contributed by atoms with van der Waals surface area (Å²) in [5.74, 6) is 0.109. The molecular formula is C17H25NO2. The van der Waals surface area contributed by atoms with Crippen LogP contribution in [0.5, 0.6) is 0 Å². The Kier molecular flexibility index (Phi) is 4.48. The lowest BCUT2D eigenvalue weighted by molar-refractivity contribution is 0.0362. The number of hydrogen-bond donors (Lipinski definition) is 0. The highest BCUT2D eigenvalue weighted by atomic mass is 16.5. The molecule has 0 aromatic heterocycles. The maximum absolute atomic E-state index is 12.5. The van der Waals surface area contributed by atoms with Gasteiger partial charge in [-0.05, 0) is 36.0 Å². The lowest BCUT2D eigenvalue weighted by Gasteiger charge is -2.31. The van der Waals surface area contributed by atoms with Gasteiger partial charge < -0.3 is 9.64 Å². The molecule has 0 radical (unpaired) electrons. The summed E-state index contributed by atoms with van der Waals surface area (Å²) >= 11 is 0. The lowest BCUT2D eigenvalue weighted by Crippen LogP contribution is -2.40. The van der Waals surface area contributed by atoms with Gasteiger partial charge in [0.15, 0.2) is 0 Å². The largest absolute Gasteiger partial charge is 0.381 e. The van der Waals surface area contributed by atoms with Crippen molar-refractivity contribution in [1.82, 2.24) is 4.90 Å². The molecule has 0 unspecified atom stereocenters. The number of benzene rings is 1. The van der Waals surface area contributed by atoms with Gasteiger partial charge in [-0.25, -0.2) is 0 Å². The number of hydrogen-bond acceptors (Lipinski definition) is 2. The fourth-order valence-corrected chi connectivity index (χ4v) is 2.55. The molecular weight excluding hydrogens is 250 g/mol. The first-order valence-corrected chi connectivity index (χ1v) is 7.35. The molecule has 1 saturated heterocycles. The Morgan fingerprint density at radius 3 is 2.20 bits per heavy atom. The van der Waals surface area contributed by atoms with Gasteiger partial charge in [0.2, 0.25) is 0 Å². The molecule has 0 saturated carbocycles. The Bertz CT molecular complexity index is 453. The van der Waals surface area contributed by atoms with E-state index in [4.69, 9.17) is 4.74 Å². The van der Waals surface area contributed by atoms with Crippen LogP contribution < -0.4 is 0 Å². The molecule has 1 heterocycles. The topological polar surface area (TPSA) is 29.5 Å². The van der Waals surface area contributed by atoms with E-state index in [-0.39, 0.29) is 11.3 Å². The van der Waals surface area contributed by atoms with E-state index in [1.54, 1.807) is 0 Å². The third-order valence-corrected chi connectivity index (χ3v) is 4.06. The first-order valence-electron chi connectivity index (χ1n) is 7.35. The van der Waals surface area contributed by atoms with Crippen molar-refractivity contribution in [2.45, 2.75) is 45.1 Å². The molecule has 1 aromatic rings. The number of carbonyl (C=O) groups excluding carboxylic acids is 1. The van der Waals surface area contributed by atoms with Crippen LogP contribution in [0.3, 0.4) is 0 Å². The van der Waals surface area contributed by atoms with Gasteiger partial charge in [-0.3, -0.25) is 4.79 Å². The van der Waals surface area contributed by atoms with Crippen LogP contribution in [0.1, 0.15) is 49.5 Å². The Morgan fingerprint density at radius 2 is 1.70 bits per heavy atom. The first kappa shape index (κ1) is 15.0. The minimum Gasteiger partial charge on any atom is -0.381 e. The van der Waals surface area contributed by atoms with Gasteiger partial charge in [-0.1, -0.05) is 32.9 Å². The summed E-state index contributed by atoms with van der Waals surface area (Å²) < 4.78 is 5.35. The first-order chi connectivity index (χ1) is 9.39. The molecule has 1 aliphatic heterocycles. The standard InChI is InChI=1S/C17H25NO2/c1-17(2,3)14-7-5-13(6-8-14)16(19)18(4)15-9-11-20-12-10-15/h5-8,15H,9-12H2,1-4H3. The minimum absolute atomic E-state index is 0.109. The summed E-state index contributed by atoms with van der Waals surface area (Å²) in [6, 6.07) is 8.31. The fraction of sp³-hybridized carbons (Fsp3) is 0.588. The van der Waals surface area contributed by atoms with E-state index < -0.39 is 0 Å². The monoisotopic (exact) mass is 275 g/mol. The average Bonchev–Trinajstić information content (AvgIpc) is 2.46. The van der Waals surface area contributed by atoms with Crippen molar-refractivity contribution in [3.8, 4) is 0 Å². The zero-order chi connectivity index (χ0) is 14.8. The van der Waals surface area contributed by atoms with E-state index in [9.17, 15) is 4.79 Å². The molecule has 2 rings (SSSR count). The van der Waals surface area contributed by atoms with Crippen LogP contribution in [0.2, 0.25) is 0 Å². The summed E-state index contributed by atoms with van der Waals surface area (Å²) in [7, 11) is 1.90. The second-order valence-corrected chi connectivity index (χ2v) is 6.59. The molecule has 1 aromatic carbocycles. The smallest absolute Gasteiger partial charge is 0.253 e. The highest BCUT2D eigenvalue weighted by molar-refractivity contribution is 5.94. The molecule has 0 aliphatic carbocycles. The third kappa shape index (κ3) is 3.40. The van der Waals surface area contributed by atoms with Gasteiger partial charge >= 0.3 is 0 Å². The van der Waals surface area contributed by atoms with E-state index in [1.165, 1.54) is 5.56 Å². The summed E-state index contributed by atoms with van der Waals surface area (Å²) in [6.45, 7) is 8.05. The number of nitrogens with zero attached hydrogens (tertiary/aromatic N) is 1. The Hall–Kier alpha value is -1.35. The van der Waals surface area contributed by atoms with Crippen LogP contribution in [0.4, 0.5) is 0 Å². The summed E-state index contributed by atoms with van der Waals surface area (Å²) in [6.07, 6.45) is 1.87. The zero-order valence-electron chi connectivity index (χ0n) is 13.0. The van der Waals surface area contributed by atoms with Crippen molar-refractivity contribution >= 4 is 5.91 Å². The highest BCUT2D eigenvalue weighted by Gasteiger charge is 2.23. The predicted octanol–water partition coefficient (Wildman–Crippen LogP) is 3.24. The van der Waals surface area contributed by atoms with Crippen LogP contribution in [-0.4, -0.2) is 37.1 Å². The van der Waals surface area contributed by atoms with Crippen LogP contribution >= 0.6 is 0 Å². The predicted molar refractivity (Wildman–Crippen MR) is 81.1 cm³/mol. The maximum atomic E-state index is 12.5. The van der Waals surface area contributed by atoms with Crippen molar-refractivity contribution in [2.24, 2.45) is 0 Å². The van der Waals surface area contributed by atoms with Crippen molar-refractivity contribution in [1.29, 1.82) is 0 Å². The van der Waals surface area contributed by atoms with Gasteiger partial charge in [-0.2, -0.15) is 0 Å².